The Balaban J connectivity index is 1.79. The van der Waals surface area contributed by atoms with Crippen molar-refractivity contribution in [1.29, 1.82) is 0 Å². The fourth-order valence-corrected chi connectivity index (χ4v) is 3.25. The Kier molecular flexibility index (Phi) is 3.95. The van der Waals surface area contributed by atoms with Crippen molar-refractivity contribution in [2.75, 3.05) is 11.4 Å². The average Bonchev–Trinajstić information content (AvgIpc) is 3.06. The lowest BCUT2D eigenvalue weighted by Gasteiger charge is -2.18. The van der Waals surface area contributed by atoms with Crippen LogP contribution in [0.2, 0.25) is 0 Å². The highest BCUT2D eigenvalue weighted by Gasteiger charge is 2.25. The summed E-state index contributed by atoms with van der Waals surface area (Å²) in [4.78, 5) is 27.0. The molecule has 0 saturated heterocycles. The monoisotopic (exact) mass is 348 g/mol. The summed E-state index contributed by atoms with van der Waals surface area (Å²) in [5.74, 6) is 0.520. The fourth-order valence-electron chi connectivity index (χ4n) is 3.25. The van der Waals surface area contributed by atoms with E-state index < -0.39 is 11.1 Å². The smallest absolute Gasteiger partial charge is 0.309 e. The van der Waals surface area contributed by atoms with E-state index in [0.29, 0.717) is 19.0 Å². The first kappa shape index (κ1) is 16.3. The largest absolute Gasteiger partial charge is 0.333 e. The van der Waals surface area contributed by atoms with Crippen LogP contribution in [0.5, 0.6) is 0 Å². The number of aromatic nitrogens is 3. The highest BCUT2D eigenvalue weighted by atomic mass is 16.2. The Bertz CT molecular complexity index is 1080. The van der Waals surface area contributed by atoms with Gasteiger partial charge in [0, 0.05) is 18.8 Å². The molecule has 0 fully saturated rings. The molecule has 132 valence electrons. The van der Waals surface area contributed by atoms with Crippen LogP contribution in [0.15, 0.2) is 58.1 Å². The van der Waals surface area contributed by atoms with E-state index in [1.165, 1.54) is 14.8 Å². The van der Waals surface area contributed by atoms with E-state index in [9.17, 15) is 9.59 Å². The van der Waals surface area contributed by atoms with Gasteiger partial charge in [-0.05, 0) is 37.1 Å². The van der Waals surface area contributed by atoms with Crippen LogP contribution < -0.4 is 16.0 Å². The molecule has 0 atom stereocenters. The van der Waals surface area contributed by atoms with Gasteiger partial charge in [-0.25, -0.2) is 4.68 Å². The number of aryl methyl sites for hydroxylation is 2. The van der Waals surface area contributed by atoms with Crippen LogP contribution >= 0.6 is 0 Å². The lowest BCUT2D eigenvalue weighted by atomic mass is 10.1. The highest BCUT2D eigenvalue weighted by Crippen LogP contribution is 2.26. The third kappa shape index (κ3) is 2.73. The molecule has 3 aromatic rings. The number of benzene rings is 2. The summed E-state index contributed by atoms with van der Waals surface area (Å²) in [6.45, 7) is 5.40. The lowest BCUT2D eigenvalue weighted by Crippen LogP contribution is -2.42. The second-order valence-corrected chi connectivity index (χ2v) is 6.63. The Morgan fingerprint density at radius 1 is 0.923 bits per heavy atom. The Labute approximate surface area is 150 Å². The third-order valence-corrected chi connectivity index (χ3v) is 4.83. The van der Waals surface area contributed by atoms with Gasteiger partial charge in [-0.3, -0.25) is 14.2 Å². The van der Waals surface area contributed by atoms with Gasteiger partial charge in [-0.15, -0.1) is 5.10 Å². The molecule has 0 aliphatic carbocycles. The van der Waals surface area contributed by atoms with Crippen LogP contribution in [0, 0.1) is 13.8 Å². The van der Waals surface area contributed by atoms with E-state index >= 15 is 0 Å². The Morgan fingerprint density at radius 2 is 1.65 bits per heavy atom. The van der Waals surface area contributed by atoms with E-state index in [1.807, 2.05) is 67.3 Å². The molecule has 6 heteroatoms. The summed E-state index contributed by atoms with van der Waals surface area (Å²) in [7, 11) is 0. The maximum Gasteiger partial charge on any atom is 0.333 e. The van der Waals surface area contributed by atoms with Crippen LogP contribution in [0.1, 0.15) is 16.7 Å². The zero-order valence-corrected chi connectivity index (χ0v) is 14.8. The molecule has 4 rings (SSSR count). The zero-order valence-electron chi connectivity index (χ0n) is 14.8. The van der Waals surface area contributed by atoms with Crippen LogP contribution in [0.4, 0.5) is 11.6 Å². The number of hydrogen-bond acceptors (Lipinski definition) is 4. The summed E-state index contributed by atoms with van der Waals surface area (Å²) in [6.07, 6.45) is 0. The summed E-state index contributed by atoms with van der Waals surface area (Å²) in [6, 6.07) is 15.9. The van der Waals surface area contributed by atoms with Gasteiger partial charge >= 0.3 is 11.1 Å². The van der Waals surface area contributed by atoms with Gasteiger partial charge in [0.05, 0.1) is 6.54 Å². The van der Waals surface area contributed by atoms with Gasteiger partial charge in [0.1, 0.15) is 0 Å². The molecule has 6 nitrogen and oxygen atoms in total. The molecule has 2 heterocycles. The van der Waals surface area contributed by atoms with Crippen molar-refractivity contribution in [3.05, 3.63) is 85.9 Å². The van der Waals surface area contributed by atoms with E-state index in [2.05, 4.69) is 5.10 Å². The molecule has 0 N–H and O–H groups in total. The summed E-state index contributed by atoms with van der Waals surface area (Å²) in [5.41, 5.74) is 3.09. The topological polar surface area (TPSA) is 60.1 Å². The molecule has 0 unspecified atom stereocenters. The number of anilines is 2. The van der Waals surface area contributed by atoms with Gasteiger partial charge in [0.25, 0.3) is 0 Å². The molecule has 0 amide bonds. The van der Waals surface area contributed by atoms with Gasteiger partial charge in [-0.2, -0.15) is 0 Å². The molecule has 1 aliphatic heterocycles. The van der Waals surface area contributed by atoms with Crippen molar-refractivity contribution in [2.45, 2.75) is 26.9 Å². The van der Waals surface area contributed by atoms with E-state index in [4.69, 9.17) is 0 Å². The fraction of sp³-hybridized carbons (Fsp3) is 0.250. The van der Waals surface area contributed by atoms with Crippen molar-refractivity contribution in [3.8, 4) is 0 Å². The second kappa shape index (κ2) is 6.29. The first-order valence-electron chi connectivity index (χ1n) is 8.65. The molecule has 2 aromatic carbocycles. The Morgan fingerprint density at radius 3 is 2.38 bits per heavy atom. The SMILES string of the molecule is Cc1ccc(N2CCn3c2nn(Cc2ccccc2C)c(=O)c3=O)cc1. The van der Waals surface area contributed by atoms with Crippen LogP contribution in [0.25, 0.3) is 0 Å². The van der Waals surface area contributed by atoms with Gasteiger partial charge in [0.2, 0.25) is 5.95 Å². The predicted molar refractivity (Wildman–Crippen MR) is 101 cm³/mol. The average molecular weight is 348 g/mol. The highest BCUT2D eigenvalue weighted by molar-refractivity contribution is 5.59. The van der Waals surface area contributed by atoms with Gasteiger partial charge in [0.15, 0.2) is 0 Å². The molecule has 0 saturated carbocycles. The number of nitrogens with zero attached hydrogens (tertiary/aromatic N) is 4. The molecule has 26 heavy (non-hydrogen) atoms. The maximum absolute atomic E-state index is 12.6. The first-order chi connectivity index (χ1) is 12.5. The maximum atomic E-state index is 12.6. The van der Waals surface area contributed by atoms with Crippen molar-refractivity contribution in [3.63, 3.8) is 0 Å². The van der Waals surface area contributed by atoms with Gasteiger partial charge in [-0.1, -0.05) is 42.0 Å². The first-order valence-corrected chi connectivity index (χ1v) is 8.65. The number of fused-ring (bicyclic) bond motifs is 1. The van der Waals surface area contributed by atoms with Crippen LogP contribution in [0.3, 0.4) is 0 Å². The minimum absolute atomic E-state index is 0.288. The zero-order chi connectivity index (χ0) is 18.3. The van der Waals surface area contributed by atoms with E-state index in [0.717, 1.165) is 16.8 Å². The normalized spacial score (nSPS) is 13.1. The van der Waals surface area contributed by atoms with Crippen molar-refractivity contribution in [2.24, 2.45) is 0 Å². The number of hydrogen-bond donors (Lipinski definition) is 0. The van der Waals surface area contributed by atoms with E-state index in [-0.39, 0.29) is 6.54 Å². The minimum atomic E-state index is -0.581. The summed E-state index contributed by atoms with van der Waals surface area (Å²) in [5, 5.41) is 4.52. The van der Waals surface area contributed by atoms with Crippen molar-refractivity contribution in [1.82, 2.24) is 14.3 Å². The second-order valence-electron chi connectivity index (χ2n) is 6.63. The molecule has 0 bridgehead atoms. The summed E-state index contributed by atoms with van der Waals surface area (Å²) < 4.78 is 2.75. The van der Waals surface area contributed by atoms with Crippen LogP contribution in [-0.4, -0.2) is 20.9 Å². The molecule has 0 radical (unpaired) electrons. The molecule has 0 spiro atoms. The molecular formula is C20H20N4O2. The van der Waals surface area contributed by atoms with E-state index in [1.54, 1.807) is 0 Å². The number of rotatable bonds is 3. The lowest BCUT2D eigenvalue weighted by molar-refractivity contribution is 0.590. The quantitative estimate of drug-likeness (QED) is 0.681. The molecule has 1 aromatic heterocycles. The molecule has 1 aliphatic rings. The predicted octanol–water partition coefficient (Wildman–Crippen LogP) is 2.22. The summed E-state index contributed by atoms with van der Waals surface area (Å²) >= 11 is 0. The van der Waals surface area contributed by atoms with Crippen molar-refractivity contribution < 1.29 is 0 Å². The van der Waals surface area contributed by atoms with Gasteiger partial charge < -0.3 is 4.90 Å². The molecular weight excluding hydrogens is 328 g/mol. The standard InChI is InChI=1S/C20H20N4O2/c1-14-7-9-17(10-8-14)22-11-12-23-18(25)19(26)24(21-20(22)23)13-16-6-4-3-5-15(16)2/h3-10H,11-13H2,1-2H3. The Hall–Kier alpha value is -3.15. The van der Waals surface area contributed by atoms with Crippen LogP contribution in [-0.2, 0) is 13.1 Å². The third-order valence-electron chi connectivity index (χ3n) is 4.83. The minimum Gasteiger partial charge on any atom is -0.309 e. The van der Waals surface area contributed by atoms with Crippen molar-refractivity contribution >= 4 is 11.6 Å².